The first-order valence-corrected chi connectivity index (χ1v) is 7.10. The third-order valence-corrected chi connectivity index (χ3v) is 4.07. The highest BCUT2D eigenvalue weighted by Crippen LogP contribution is 2.28. The van der Waals surface area contributed by atoms with E-state index < -0.39 is 6.10 Å². The van der Waals surface area contributed by atoms with E-state index in [0.29, 0.717) is 12.2 Å². The number of carbonyl (C=O) groups is 1. The maximum absolute atomic E-state index is 12.2. The Bertz CT molecular complexity index is 648. The van der Waals surface area contributed by atoms with E-state index in [0.717, 1.165) is 21.3 Å². The lowest BCUT2D eigenvalue weighted by Crippen LogP contribution is -2.31. The van der Waals surface area contributed by atoms with Crippen molar-refractivity contribution in [1.29, 1.82) is 0 Å². The fourth-order valence-corrected chi connectivity index (χ4v) is 2.36. The molecule has 1 aliphatic heterocycles. The van der Waals surface area contributed by atoms with E-state index in [-0.39, 0.29) is 5.91 Å². The van der Waals surface area contributed by atoms with E-state index >= 15 is 0 Å². The quantitative estimate of drug-likeness (QED) is 0.919. The van der Waals surface area contributed by atoms with Gasteiger partial charge in [-0.15, -0.1) is 0 Å². The number of nitrogens with one attached hydrogen (secondary N) is 1. The van der Waals surface area contributed by atoms with Gasteiger partial charge in [0.1, 0.15) is 11.6 Å². The molecule has 0 aliphatic carbocycles. The topological polar surface area (TPSA) is 51.2 Å². The number of amides is 1. The average Bonchev–Trinajstić information content (AvgIpc) is 2.87. The summed E-state index contributed by atoms with van der Waals surface area (Å²) >= 11 is 3.38. The summed E-state index contributed by atoms with van der Waals surface area (Å²) in [6.45, 7) is 1.95. The van der Waals surface area contributed by atoms with Gasteiger partial charge < -0.3 is 10.1 Å². The molecule has 0 fully saturated rings. The Morgan fingerprint density at radius 3 is 3.00 bits per heavy atom. The molecule has 102 valence electrons. The number of nitrogens with zero attached hydrogens (tertiary/aromatic N) is 1. The average molecular weight is 333 g/mol. The lowest BCUT2D eigenvalue weighted by atomic mass is 10.1. The molecular weight excluding hydrogens is 320 g/mol. The number of aryl methyl sites for hydroxylation is 1. The van der Waals surface area contributed by atoms with Crippen LogP contribution in [0.5, 0.6) is 5.75 Å². The maximum atomic E-state index is 12.2. The zero-order valence-corrected chi connectivity index (χ0v) is 12.5. The van der Waals surface area contributed by atoms with E-state index in [1.54, 1.807) is 6.20 Å². The number of ether oxygens (including phenoxy) is 1. The number of hydrogen-bond acceptors (Lipinski definition) is 3. The number of para-hydroxylation sites is 1. The number of fused-ring (bicyclic) bond motifs is 1. The fraction of sp³-hybridized carbons (Fsp3) is 0.200. The monoisotopic (exact) mass is 332 g/mol. The molecule has 0 radical (unpaired) electrons. The van der Waals surface area contributed by atoms with Crippen LogP contribution in [0.25, 0.3) is 0 Å². The minimum absolute atomic E-state index is 0.171. The van der Waals surface area contributed by atoms with Gasteiger partial charge in [0, 0.05) is 17.1 Å². The van der Waals surface area contributed by atoms with Crippen LogP contribution in [0.3, 0.4) is 0 Å². The van der Waals surface area contributed by atoms with E-state index in [9.17, 15) is 4.79 Å². The second kappa shape index (κ2) is 5.25. The summed E-state index contributed by atoms with van der Waals surface area (Å²) in [5.41, 5.74) is 2.08. The minimum atomic E-state index is -0.488. The molecule has 2 heterocycles. The second-order valence-corrected chi connectivity index (χ2v) is 5.58. The third-order valence-electron chi connectivity index (χ3n) is 3.24. The first-order valence-electron chi connectivity index (χ1n) is 6.31. The normalized spacial score (nSPS) is 16.4. The first-order chi connectivity index (χ1) is 9.63. The molecule has 5 heteroatoms. The summed E-state index contributed by atoms with van der Waals surface area (Å²) in [6.07, 6.45) is 1.78. The molecule has 3 rings (SSSR count). The lowest BCUT2D eigenvalue weighted by molar-refractivity contribution is -0.122. The zero-order chi connectivity index (χ0) is 14.1. The molecule has 20 heavy (non-hydrogen) atoms. The summed E-state index contributed by atoms with van der Waals surface area (Å²) in [6, 6.07) is 9.53. The van der Waals surface area contributed by atoms with Crippen LogP contribution in [0.15, 0.2) is 41.0 Å². The number of anilines is 1. The molecule has 1 unspecified atom stereocenters. The van der Waals surface area contributed by atoms with E-state index in [2.05, 4.69) is 26.2 Å². The molecular formula is C15H13BrN2O2. The number of pyridine rings is 1. The number of carbonyl (C=O) groups excluding carboxylic acids is 1. The molecule has 1 N–H and O–H groups in total. The van der Waals surface area contributed by atoms with Crippen molar-refractivity contribution in [3.8, 4) is 5.75 Å². The van der Waals surface area contributed by atoms with Gasteiger partial charge in [-0.25, -0.2) is 4.98 Å². The molecule has 1 amide bonds. The smallest absolute Gasteiger partial charge is 0.266 e. The summed E-state index contributed by atoms with van der Waals surface area (Å²) < 4.78 is 6.56. The standard InChI is InChI=1S/C15H13BrN2O2/c1-9-6-14(17-8-11(9)16)18-15(19)13-7-10-4-2-3-5-12(10)20-13/h2-6,8,13H,7H2,1H3,(H,17,18,19). The van der Waals surface area contributed by atoms with Crippen LogP contribution in [0.2, 0.25) is 0 Å². The zero-order valence-electron chi connectivity index (χ0n) is 10.9. The van der Waals surface area contributed by atoms with E-state index in [1.165, 1.54) is 0 Å². The van der Waals surface area contributed by atoms with Gasteiger partial charge >= 0.3 is 0 Å². The Kier molecular flexibility index (Phi) is 3.44. The SMILES string of the molecule is Cc1cc(NC(=O)C2Cc3ccccc3O2)ncc1Br. The molecule has 1 atom stereocenters. The van der Waals surface area contributed by atoms with Gasteiger partial charge in [-0.2, -0.15) is 0 Å². The van der Waals surface area contributed by atoms with Crippen LogP contribution < -0.4 is 10.1 Å². The van der Waals surface area contributed by atoms with Crippen molar-refractivity contribution in [2.75, 3.05) is 5.32 Å². The molecule has 1 aromatic heterocycles. The summed E-state index contributed by atoms with van der Waals surface area (Å²) in [5.74, 6) is 1.15. The van der Waals surface area contributed by atoms with E-state index in [4.69, 9.17) is 4.74 Å². The van der Waals surface area contributed by atoms with Crippen molar-refractivity contribution in [2.24, 2.45) is 0 Å². The molecule has 1 aromatic carbocycles. The number of halogens is 1. The van der Waals surface area contributed by atoms with Crippen LogP contribution in [0.4, 0.5) is 5.82 Å². The van der Waals surface area contributed by atoms with Gasteiger partial charge in [-0.3, -0.25) is 4.79 Å². The summed E-state index contributed by atoms with van der Waals surface area (Å²) in [7, 11) is 0. The van der Waals surface area contributed by atoms with Crippen molar-refractivity contribution in [3.05, 3.63) is 52.1 Å². The van der Waals surface area contributed by atoms with Crippen molar-refractivity contribution in [3.63, 3.8) is 0 Å². The minimum Gasteiger partial charge on any atom is -0.480 e. The molecule has 0 bridgehead atoms. The molecule has 1 aliphatic rings. The van der Waals surface area contributed by atoms with Gasteiger partial charge in [-0.1, -0.05) is 18.2 Å². The first kappa shape index (κ1) is 13.1. The third kappa shape index (κ3) is 2.54. The number of hydrogen-bond donors (Lipinski definition) is 1. The van der Waals surface area contributed by atoms with E-state index in [1.807, 2.05) is 37.3 Å². The predicted octanol–water partition coefficient (Wildman–Crippen LogP) is 3.09. The van der Waals surface area contributed by atoms with Gasteiger partial charge in [0.2, 0.25) is 0 Å². The van der Waals surface area contributed by atoms with Crippen LogP contribution in [-0.2, 0) is 11.2 Å². The van der Waals surface area contributed by atoms with Crippen molar-refractivity contribution < 1.29 is 9.53 Å². The molecule has 0 saturated heterocycles. The Morgan fingerprint density at radius 1 is 1.45 bits per heavy atom. The van der Waals surface area contributed by atoms with Crippen LogP contribution >= 0.6 is 15.9 Å². The van der Waals surface area contributed by atoms with Gasteiger partial charge in [0.25, 0.3) is 5.91 Å². The number of benzene rings is 1. The Morgan fingerprint density at radius 2 is 2.25 bits per heavy atom. The van der Waals surface area contributed by atoms with Crippen molar-refractivity contribution >= 4 is 27.7 Å². The Balaban J connectivity index is 1.71. The van der Waals surface area contributed by atoms with Gasteiger partial charge in [-0.05, 0) is 46.1 Å². The number of aromatic nitrogens is 1. The maximum Gasteiger partial charge on any atom is 0.266 e. The summed E-state index contributed by atoms with van der Waals surface area (Å²) in [4.78, 5) is 16.4. The van der Waals surface area contributed by atoms with Gasteiger partial charge in [0.15, 0.2) is 6.10 Å². The predicted molar refractivity (Wildman–Crippen MR) is 79.9 cm³/mol. The van der Waals surface area contributed by atoms with Crippen LogP contribution in [0, 0.1) is 6.92 Å². The molecule has 2 aromatic rings. The largest absolute Gasteiger partial charge is 0.480 e. The van der Waals surface area contributed by atoms with Crippen molar-refractivity contribution in [2.45, 2.75) is 19.4 Å². The molecule has 0 spiro atoms. The van der Waals surface area contributed by atoms with Gasteiger partial charge in [0.05, 0.1) is 0 Å². The highest BCUT2D eigenvalue weighted by atomic mass is 79.9. The highest BCUT2D eigenvalue weighted by Gasteiger charge is 2.28. The fourth-order valence-electron chi connectivity index (χ4n) is 2.14. The Hall–Kier alpha value is -1.88. The Labute approximate surface area is 125 Å². The molecule has 4 nitrogen and oxygen atoms in total. The highest BCUT2D eigenvalue weighted by molar-refractivity contribution is 9.10. The lowest BCUT2D eigenvalue weighted by Gasteiger charge is -2.11. The molecule has 0 saturated carbocycles. The van der Waals surface area contributed by atoms with Crippen LogP contribution in [-0.4, -0.2) is 17.0 Å². The summed E-state index contributed by atoms with van der Waals surface area (Å²) in [5, 5.41) is 2.79. The number of rotatable bonds is 2. The van der Waals surface area contributed by atoms with Crippen molar-refractivity contribution in [1.82, 2.24) is 4.98 Å². The van der Waals surface area contributed by atoms with Crippen LogP contribution in [0.1, 0.15) is 11.1 Å². The second-order valence-electron chi connectivity index (χ2n) is 4.73.